The molecule has 0 radical (unpaired) electrons. The molecule has 1 aromatic rings. The van der Waals surface area contributed by atoms with Gasteiger partial charge in [-0.05, 0) is 30.5 Å². The van der Waals surface area contributed by atoms with Gasteiger partial charge < -0.3 is 14.6 Å². The van der Waals surface area contributed by atoms with E-state index in [1.54, 1.807) is 0 Å². The molecule has 1 aromatic carbocycles. The van der Waals surface area contributed by atoms with Gasteiger partial charge >= 0.3 is 5.97 Å². The van der Waals surface area contributed by atoms with Gasteiger partial charge in [-0.3, -0.25) is 4.79 Å². The molecule has 5 heteroatoms. The lowest BCUT2D eigenvalue weighted by Gasteiger charge is -2.39. The molecule has 1 fully saturated rings. The first-order chi connectivity index (χ1) is 8.63. The van der Waals surface area contributed by atoms with Crippen LogP contribution in [0.2, 0.25) is 0 Å². The summed E-state index contributed by atoms with van der Waals surface area (Å²) < 4.78 is 11.8. The van der Waals surface area contributed by atoms with E-state index < -0.39 is 11.4 Å². The normalized spacial score (nSPS) is 20.1. The summed E-state index contributed by atoms with van der Waals surface area (Å²) >= 11 is 3.46. The Balaban J connectivity index is 2.09. The molecular formula is C13H13BrO4. The van der Waals surface area contributed by atoms with Crippen LogP contribution in [0.3, 0.4) is 0 Å². The maximum Gasteiger partial charge on any atom is 0.314 e. The minimum Gasteiger partial charge on any atom is -0.486 e. The number of aliphatic carboxylic acids is 1. The number of hydrogen-bond donors (Lipinski definition) is 1. The first kappa shape index (κ1) is 11.8. The fourth-order valence-electron chi connectivity index (χ4n) is 2.56. The molecule has 0 saturated heterocycles. The number of fused-ring (bicyclic) bond motifs is 1. The van der Waals surface area contributed by atoms with Crippen LogP contribution in [0.25, 0.3) is 0 Å². The summed E-state index contributed by atoms with van der Waals surface area (Å²) in [5.74, 6) is 0.565. The summed E-state index contributed by atoms with van der Waals surface area (Å²) in [6.07, 6.45) is 2.31. The van der Waals surface area contributed by atoms with Gasteiger partial charge in [-0.1, -0.05) is 22.4 Å². The van der Waals surface area contributed by atoms with E-state index in [4.69, 9.17) is 9.47 Å². The first-order valence-electron chi connectivity index (χ1n) is 5.96. The Kier molecular flexibility index (Phi) is 2.73. The van der Waals surface area contributed by atoms with Crippen LogP contribution in [0.4, 0.5) is 0 Å². The van der Waals surface area contributed by atoms with E-state index in [2.05, 4.69) is 15.9 Å². The van der Waals surface area contributed by atoms with Crippen LogP contribution < -0.4 is 9.47 Å². The Morgan fingerprint density at radius 3 is 2.33 bits per heavy atom. The monoisotopic (exact) mass is 312 g/mol. The SMILES string of the molecule is O=C(O)C1(c2cc3c(cc2Br)OCCO3)CCC1. The van der Waals surface area contributed by atoms with Crippen molar-refractivity contribution in [2.24, 2.45) is 0 Å². The lowest BCUT2D eigenvalue weighted by molar-refractivity contribution is -0.147. The van der Waals surface area contributed by atoms with Crippen LogP contribution in [0.1, 0.15) is 24.8 Å². The third kappa shape index (κ3) is 1.61. The van der Waals surface area contributed by atoms with Crippen LogP contribution in [-0.2, 0) is 10.2 Å². The van der Waals surface area contributed by atoms with Gasteiger partial charge in [0.15, 0.2) is 11.5 Å². The molecule has 18 heavy (non-hydrogen) atoms. The number of carbonyl (C=O) groups is 1. The van der Waals surface area contributed by atoms with Gasteiger partial charge in [0.25, 0.3) is 0 Å². The average molecular weight is 313 g/mol. The van der Waals surface area contributed by atoms with Gasteiger partial charge in [-0.15, -0.1) is 0 Å². The van der Waals surface area contributed by atoms with Crippen molar-refractivity contribution in [2.75, 3.05) is 13.2 Å². The third-order valence-electron chi connectivity index (χ3n) is 3.76. The number of carboxylic acid groups (broad SMARTS) is 1. The van der Waals surface area contributed by atoms with E-state index in [-0.39, 0.29) is 0 Å². The highest BCUT2D eigenvalue weighted by molar-refractivity contribution is 9.10. The molecule has 1 heterocycles. The molecule has 1 N–H and O–H groups in total. The number of carboxylic acids is 1. The largest absolute Gasteiger partial charge is 0.486 e. The second-order valence-electron chi connectivity index (χ2n) is 4.72. The average Bonchev–Trinajstić information content (AvgIpc) is 2.27. The van der Waals surface area contributed by atoms with Crippen LogP contribution >= 0.6 is 15.9 Å². The van der Waals surface area contributed by atoms with Gasteiger partial charge in [0, 0.05) is 4.47 Å². The van der Waals surface area contributed by atoms with E-state index >= 15 is 0 Å². The van der Waals surface area contributed by atoms with Crippen LogP contribution in [-0.4, -0.2) is 24.3 Å². The molecule has 0 unspecified atom stereocenters. The molecule has 1 saturated carbocycles. The molecule has 0 atom stereocenters. The number of halogens is 1. The Morgan fingerprint density at radius 2 is 1.83 bits per heavy atom. The predicted octanol–water partition coefficient (Wildman–Crippen LogP) is 2.73. The molecule has 0 bridgehead atoms. The van der Waals surface area contributed by atoms with Crippen molar-refractivity contribution in [3.63, 3.8) is 0 Å². The Morgan fingerprint density at radius 1 is 1.22 bits per heavy atom. The Labute approximate surface area is 113 Å². The molecule has 0 aromatic heterocycles. The maximum absolute atomic E-state index is 11.5. The van der Waals surface area contributed by atoms with Crippen LogP contribution in [0.15, 0.2) is 16.6 Å². The van der Waals surface area contributed by atoms with Gasteiger partial charge in [0.05, 0.1) is 5.41 Å². The molecule has 4 nitrogen and oxygen atoms in total. The fourth-order valence-corrected chi connectivity index (χ4v) is 3.26. The molecule has 1 aliphatic carbocycles. The molecular weight excluding hydrogens is 300 g/mol. The summed E-state index contributed by atoms with van der Waals surface area (Å²) in [7, 11) is 0. The summed E-state index contributed by atoms with van der Waals surface area (Å²) in [6, 6.07) is 3.62. The lowest BCUT2D eigenvalue weighted by atomic mass is 9.64. The van der Waals surface area contributed by atoms with Gasteiger partial charge in [-0.25, -0.2) is 0 Å². The summed E-state index contributed by atoms with van der Waals surface area (Å²) in [5.41, 5.74) is 0.0415. The summed E-state index contributed by atoms with van der Waals surface area (Å²) in [6.45, 7) is 1.04. The van der Waals surface area contributed by atoms with Gasteiger partial charge in [-0.2, -0.15) is 0 Å². The van der Waals surface area contributed by atoms with E-state index in [1.165, 1.54) is 0 Å². The van der Waals surface area contributed by atoms with Gasteiger partial charge in [0.2, 0.25) is 0 Å². The Bertz CT molecular complexity index is 508. The number of ether oxygens (including phenoxy) is 2. The van der Waals surface area contributed by atoms with Gasteiger partial charge in [0.1, 0.15) is 13.2 Å². The summed E-state index contributed by atoms with van der Waals surface area (Å²) in [5, 5.41) is 9.47. The number of benzene rings is 1. The number of rotatable bonds is 2. The highest BCUT2D eigenvalue weighted by Gasteiger charge is 2.47. The van der Waals surface area contributed by atoms with Crippen molar-refractivity contribution >= 4 is 21.9 Å². The molecule has 96 valence electrons. The molecule has 2 aliphatic rings. The third-order valence-corrected chi connectivity index (χ3v) is 4.42. The summed E-state index contributed by atoms with van der Waals surface area (Å²) in [4.78, 5) is 11.5. The zero-order chi connectivity index (χ0) is 12.8. The quantitative estimate of drug-likeness (QED) is 0.912. The molecule has 1 aliphatic heterocycles. The standard InChI is InChI=1S/C13H13BrO4/c14-9-7-11-10(17-4-5-18-11)6-8(9)13(12(15)16)2-1-3-13/h6-7H,1-5H2,(H,15,16). The van der Waals surface area contributed by atoms with Crippen molar-refractivity contribution in [2.45, 2.75) is 24.7 Å². The van der Waals surface area contributed by atoms with Crippen molar-refractivity contribution < 1.29 is 19.4 Å². The van der Waals surface area contributed by atoms with Crippen LogP contribution in [0, 0.1) is 0 Å². The Hall–Kier alpha value is -1.23. The van der Waals surface area contributed by atoms with E-state index in [1.807, 2.05) is 12.1 Å². The highest BCUT2D eigenvalue weighted by Crippen LogP contribution is 2.49. The highest BCUT2D eigenvalue weighted by atomic mass is 79.9. The van der Waals surface area contributed by atoms with E-state index in [0.717, 1.165) is 16.5 Å². The lowest BCUT2D eigenvalue weighted by Crippen LogP contribution is -2.42. The topological polar surface area (TPSA) is 55.8 Å². The first-order valence-corrected chi connectivity index (χ1v) is 6.76. The second kappa shape index (κ2) is 4.16. The van der Waals surface area contributed by atoms with Crippen molar-refractivity contribution in [3.05, 3.63) is 22.2 Å². The van der Waals surface area contributed by atoms with Crippen molar-refractivity contribution in [3.8, 4) is 11.5 Å². The predicted molar refractivity (Wildman–Crippen MR) is 68.3 cm³/mol. The van der Waals surface area contributed by atoms with E-state index in [9.17, 15) is 9.90 Å². The fraction of sp³-hybridized carbons (Fsp3) is 0.462. The van der Waals surface area contributed by atoms with Crippen molar-refractivity contribution in [1.29, 1.82) is 0 Å². The molecule has 0 spiro atoms. The van der Waals surface area contributed by atoms with E-state index in [0.29, 0.717) is 37.6 Å². The second-order valence-corrected chi connectivity index (χ2v) is 5.57. The zero-order valence-electron chi connectivity index (χ0n) is 9.74. The number of hydrogen-bond acceptors (Lipinski definition) is 3. The van der Waals surface area contributed by atoms with Crippen LogP contribution in [0.5, 0.6) is 11.5 Å². The minimum absolute atomic E-state index is 0.508. The zero-order valence-corrected chi connectivity index (χ0v) is 11.3. The maximum atomic E-state index is 11.5. The smallest absolute Gasteiger partial charge is 0.314 e. The van der Waals surface area contributed by atoms with Crippen molar-refractivity contribution in [1.82, 2.24) is 0 Å². The molecule has 3 rings (SSSR count). The minimum atomic E-state index is -0.758. The molecule has 0 amide bonds.